The fourth-order valence-electron chi connectivity index (χ4n) is 1.32. The van der Waals surface area contributed by atoms with E-state index in [2.05, 4.69) is 21.0 Å². The van der Waals surface area contributed by atoms with Gasteiger partial charge in [0, 0.05) is 19.5 Å². The lowest BCUT2D eigenvalue weighted by Gasteiger charge is -2.09. The maximum Gasteiger partial charge on any atom is 0.183 e. The van der Waals surface area contributed by atoms with E-state index in [0.717, 1.165) is 11.0 Å². The molecule has 1 rings (SSSR count). The monoisotopic (exact) mass is 273 g/mol. The number of hydrogen-bond donors (Lipinski definition) is 0. The molecule has 0 bridgehead atoms. The summed E-state index contributed by atoms with van der Waals surface area (Å²) in [6.07, 6.45) is 2.20. The molecule has 0 fully saturated rings. The number of aromatic nitrogens is 2. The highest BCUT2D eigenvalue weighted by molar-refractivity contribution is 9.10. The first-order chi connectivity index (χ1) is 7.06. The van der Waals surface area contributed by atoms with E-state index in [9.17, 15) is 4.79 Å². The van der Waals surface area contributed by atoms with Gasteiger partial charge in [0.2, 0.25) is 0 Å². The largest absolute Gasteiger partial charge is 0.309 e. The first kappa shape index (κ1) is 12.4. The molecule has 0 saturated carbocycles. The zero-order valence-corrected chi connectivity index (χ0v) is 10.9. The van der Waals surface area contributed by atoms with Crippen LogP contribution < -0.4 is 0 Å². The van der Waals surface area contributed by atoms with E-state index < -0.39 is 0 Å². The number of aryl methyl sites for hydroxylation is 1. The van der Waals surface area contributed by atoms with E-state index in [1.165, 1.54) is 0 Å². The van der Waals surface area contributed by atoms with Crippen LogP contribution in [0, 0.1) is 0 Å². The Morgan fingerprint density at radius 1 is 1.60 bits per heavy atom. The third-order valence-electron chi connectivity index (χ3n) is 2.14. The molecule has 0 spiro atoms. The summed E-state index contributed by atoms with van der Waals surface area (Å²) in [4.78, 5) is 13.9. The van der Waals surface area contributed by atoms with Crippen molar-refractivity contribution in [3.05, 3.63) is 16.4 Å². The lowest BCUT2D eigenvalue weighted by Crippen LogP contribution is -2.18. The number of carbonyl (C=O) groups is 1. The lowest BCUT2D eigenvalue weighted by atomic mass is 10.2. The van der Waals surface area contributed by atoms with E-state index in [1.54, 1.807) is 10.9 Å². The number of ketones is 1. The van der Waals surface area contributed by atoms with E-state index in [0.29, 0.717) is 18.7 Å². The predicted molar refractivity (Wildman–Crippen MR) is 63.1 cm³/mol. The van der Waals surface area contributed by atoms with Crippen LogP contribution in [0.5, 0.6) is 0 Å². The van der Waals surface area contributed by atoms with Crippen molar-refractivity contribution in [2.75, 3.05) is 20.6 Å². The summed E-state index contributed by atoms with van der Waals surface area (Å²) in [7, 11) is 3.92. The summed E-state index contributed by atoms with van der Waals surface area (Å²) in [6, 6.07) is 0. The molecule has 0 radical (unpaired) electrons. The van der Waals surface area contributed by atoms with Crippen LogP contribution in [-0.4, -0.2) is 41.1 Å². The molecule has 1 aromatic heterocycles. The average Bonchev–Trinajstić information content (AvgIpc) is 2.56. The number of hydrogen-bond acceptors (Lipinski definition) is 3. The van der Waals surface area contributed by atoms with Crippen molar-refractivity contribution < 1.29 is 4.79 Å². The van der Waals surface area contributed by atoms with Crippen LogP contribution in [0.15, 0.2) is 10.7 Å². The molecule has 0 unspecified atom stereocenters. The smallest absolute Gasteiger partial charge is 0.183 e. The Hall–Kier alpha value is -0.680. The van der Waals surface area contributed by atoms with Gasteiger partial charge in [0.15, 0.2) is 5.78 Å². The molecule has 0 aromatic carbocycles. The molecule has 1 heterocycles. The molecule has 4 nitrogen and oxygen atoms in total. The Balaban J connectivity index is 2.76. The van der Waals surface area contributed by atoms with Crippen molar-refractivity contribution in [3.8, 4) is 0 Å². The number of carbonyl (C=O) groups excluding carboxylic acids is 1. The third kappa shape index (κ3) is 3.14. The van der Waals surface area contributed by atoms with E-state index in [-0.39, 0.29) is 5.78 Å². The third-order valence-corrected chi connectivity index (χ3v) is 2.72. The molecule has 0 amide bonds. The molecule has 84 valence electrons. The van der Waals surface area contributed by atoms with Gasteiger partial charge >= 0.3 is 0 Å². The van der Waals surface area contributed by atoms with E-state index in [4.69, 9.17) is 0 Å². The van der Waals surface area contributed by atoms with Crippen molar-refractivity contribution in [2.45, 2.75) is 19.9 Å². The second-order valence-electron chi connectivity index (χ2n) is 3.63. The SMILES string of the molecule is CCn1ncc(Br)c1C(=O)CCN(C)C. The van der Waals surface area contributed by atoms with Gasteiger partial charge in [-0.05, 0) is 36.9 Å². The van der Waals surface area contributed by atoms with E-state index in [1.807, 2.05) is 25.9 Å². The Labute approximate surface area is 98.4 Å². The Kier molecular flexibility index (Phi) is 4.47. The molecule has 5 heteroatoms. The zero-order chi connectivity index (χ0) is 11.4. The Bertz CT molecular complexity index is 346. The molecular weight excluding hydrogens is 258 g/mol. The van der Waals surface area contributed by atoms with Crippen molar-refractivity contribution in [1.29, 1.82) is 0 Å². The van der Waals surface area contributed by atoms with Gasteiger partial charge in [0.1, 0.15) is 5.69 Å². The summed E-state index contributed by atoms with van der Waals surface area (Å²) in [5, 5.41) is 4.12. The number of Topliss-reactive ketones (excluding diaryl/α,β-unsaturated/α-hetero) is 1. The van der Waals surface area contributed by atoms with Crippen LogP contribution in [0.1, 0.15) is 23.8 Å². The number of halogens is 1. The van der Waals surface area contributed by atoms with Crippen LogP contribution in [-0.2, 0) is 6.54 Å². The highest BCUT2D eigenvalue weighted by Crippen LogP contribution is 2.17. The topological polar surface area (TPSA) is 38.1 Å². The van der Waals surface area contributed by atoms with Gasteiger partial charge in [0.25, 0.3) is 0 Å². The van der Waals surface area contributed by atoms with Crippen molar-refractivity contribution in [1.82, 2.24) is 14.7 Å². The number of rotatable bonds is 5. The summed E-state index contributed by atoms with van der Waals surface area (Å²) >= 11 is 3.35. The number of nitrogens with zero attached hydrogens (tertiary/aromatic N) is 3. The Morgan fingerprint density at radius 2 is 2.27 bits per heavy atom. The fraction of sp³-hybridized carbons (Fsp3) is 0.600. The maximum absolute atomic E-state index is 11.9. The fourth-order valence-corrected chi connectivity index (χ4v) is 1.84. The van der Waals surface area contributed by atoms with Gasteiger partial charge in [-0.25, -0.2) is 0 Å². The second-order valence-corrected chi connectivity index (χ2v) is 4.49. The molecule has 0 aliphatic heterocycles. The Morgan fingerprint density at radius 3 is 2.80 bits per heavy atom. The summed E-state index contributed by atoms with van der Waals surface area (Å²) in [5.74, 6) is 0.134. The predicted octanol–water partition coefficient (Wildman–Crippen LogP) is 1.80. The molecular formula is C10H16BrN3O. The van der Waals surface area contributed by atoms with Crippen LogP contribution in [0.4, 0.5) is 0 Å². The molecule has 0 aliphatic carbocycles. The highest BCUT2D eigenvalue weighted by Gasteiger charge is 2.15. The van der Waals surface area contributed by atoms with Gasteiger partial charge < -0.3 is 4.90 Å². The van der Waals surface area contributed by atoms with Crippen molar-refractivity contribution >= 4 is 21.7 Å². The lowest BCUT2D eigenvalue weighted by molar-refractivity contribution is 0.0961. The molecule has 0 atom stereocenters. The minimum atomic E-state index is 0.134. The summed E-state index contributed by atoms with van der Waals surface area (Å²) in [5.41, 5.74) is 0.680. The normalized spacial score (nSPS) is 11.0. The van der Waals surface area contributed by atoms with Crippen LogP contribution in [0.2, 0.25) is 0 Å². The maximum atomic E-state index is 11.9. The first-order valence-corrected chi connectivity index (χ1v) is 5.74. The van der Waals surface area contributed by atoms with Crippen molar-refractivity contribution in [3.63, 3.8) is 0 Å². The molecule has 15 heavy (non-hydrogen) atoms. The zero-order valence-electron chi connectivity index (χ0n) is 9.33. The van der Waals surface area contributed by atoms with Crippen molar-refractivity contribution in [2.24, 2.45) is 0 Å². The first-order valence-electron chi connectivity index (χ1n) is 4.95. The van der Waals surface area contributed by atoms with Crippen LogP contribution in [0.3, 0.4) is 0 Å². The van der Waals surface area contributed by atoms with Gasteiger partial charge in [-0.2, -0.15) is 5.10 Å². The minimum Gasteiger partial charge on any atom is -0.309 e. The highest BCUT2D eigenvalue weighted by atomic mass is 79.9. The quantitative estimate of drug-likeness (QED) is 0.768. The summed E-state index contributed by atoms with van der Waals surface area (Å²) < 4.78 is 2.51. The van der Waals surface area contributed by atoms with Gasteiger partial charge in [0.05, 0.1) is 10.7 Å². The molecule has 0 aliphatic rings. The summed E-state index contributed by atoms with van der Waals surface area (Å²) in [6.45, 7) is 3.46. The minimum absolute atomic E-state index is 0.134. The molecule has 0 N–H and O–H groups in total. The van der Waals surface area contributed by atoms with Gasteiger partial charge in [-0.1, -0.05) is 0 Å². The molecule has 0 saturated heterocycles. The average molecular weight is 274 g/mol. The van der Waals surface area contributed by atoms with Crippen LogP contribution >= 0.6 is 15.9 Å². The van der Waals surface area contributed by atoms with Crippen LogP contribution in [0.25, 0.3) is 0 Å². The van der Waals surface area contributed by atoms with E-state index >= 15 is 0 Å². The van der Waals surface area contributed by atoms with Gasteiger partial charge in [-0.3, -0.25) is 9.48 Å². The second kappa shape index (κ2) is 5.42. The standard InChI is InChI=1S/C10H16BrN3O/c1-4-14-10(8(11)7-12-14)9(15)5-6-13(2)3/h7H,4-6H2,1-3H3. The van der Waals surface area contributed by atoms with Gasteiger partial charge in [-0.15, -0.1) is 0 Å². The molecule has 1 aromatic rings.